The smallest absolute Gasteiger partial charge is 0.310 e. The first-order valence-corrected chi connectivity index (χ1v) is 8.62. The van der Waals surface area contributed by atoms with Gasteiger partial charge in [-0.3, -0.25) is 4.79 Å². The van der Waals surface area contributed by atoms with E-state index in [1.54, 1.807) is 12.1 Å². The van der Waals surface area contributed by atoms with Gasteiger partial charge in [-0.25, -0.2) is 13.1 Å². The molecule has 0 saturated heterocycles. The van der Waals surface area contributed by atoms with E-state index in [-0.39, 0.29) is 16.5 Å². The van der Waals surface area contributed by atoms with Crippen molar-refractivity contribution in [3.8, 4) is 0 Å². The first-order valence-electron chi connectivity index (χ1n) is 6.75. The highest BCUT2D eigenvalue weighted by atomic mass is 35.5. The summed E-state index contributed by atoms with van der Waals surface area (Å²) in [4.78, 5) is 11.1. The largest absolute Gasteiger partial charge is 0.481 e. The van der Waals surface area contributed by atoms with Crippen molar-refractivity contribution in [3.05, 3.63) is 41.4 Å². The van der Waals surface area contributed by atoms with E-state index in [2.05, 4.69) is 4.72 Å². The molecule has 2 N–H and O–H groups in total. The highest BCUT2D eigenvalue weighted by molar-refractivity contribution is 7.89. The molecular weight excluding hydrogens is 326 g/mol. The Morgan fingerprint density at radius 3 is 2.36 bits per heavy atom. The fraction of sp³-hybridized carbons (Fsp3) is 0.267. The molecule has 1 saturated carbocycles. The number of halogens is 1. The number of sulfonamides is 1. The molecule has 1 aliphatic rings. The monoisotopic (exact) mass is 339 g/mol. The third-order valence-corrected chi connectivity index (χ3v) is 5.86. The molecule has 0 heterocycles. The summed E-state index contributed by atoms with van der Waals surface area (Å²) < 4.78 is 27.2. The number of carboxylic acid groups (broad SMARTS) is 1. The number of nitrogens with one attached hydrogen (secondary N) is 1. The van der Waals surface area contributed by atoms with Gasteiger partial charge in [0.15, 0.2) is 0 Å². The molecule has 0 amide bonds. The molecule has 0 aliphatic heterocycles. The molecule has 0 bridgehead atoms. The van der Waals surface area contributed by atoms with Crippen LogP contribution in [-0.2, 0) is 14.8 Å². The Balaban J connectivity index is 1.92. The van der Waals surface area contributed by atoms with Crippen LogP contribution >= 0.6 is 11.6 Å². The molecule has 2 aromatic rings. The van der Waals surface area contributed by atoms with Crippen LogP contribution in [0.1, 0.15) is 12.8 Å². The Kier molecular flexibility index (Phi) is 3.63. The lowest BCUT2D eigenvalue weighted by Gasteiger charge is -2.13. The number of hydrogen-bond acceptors (Lipinski definition) is 3. The Morgan fingerprint density at radius 2 is 1.82 bits per heavy atom. The zero-order chi connectivity index (χ0) is 16.0. The molecule has 0 radical (unpaired) electrons. The van der Waals surface area contributed by atoms with Crippen molar-refractivity contribution in [1.29, 1.82) is 0 Å². The molecule has 2 aromatic carbocycles. The van der Waals surface area contributed by atoms with E-state index in [1.807, 2.05) is 18.2 Å². The third-order valence-electron chi connectivity index (χ3n) is 4.00. The minimum atomic E-state index is -3.85. The molecule has 1 aliphatic carbocycles. The minimum absolute atomic E-state index is 0.0333. The van der Waals surface area contributed by atoms with Gasteiger partial charge >= 0.3 is 5.97 Å². The second-order valence-corrected chi connectivity index (χ2v) is 7.68. The normalized spacial score (nSPS) is 16.6. The first-order chi connectivity index (χ1) is 10.3. The SMILES string of the molecule is O=C(O)C1(CNS(=O)(=O)c2cc3ccccc3cc2Cl)CC1. The fourth-order valence-electron chi connectivity index (χ4n) is 2.33. The Bertz CT molecular complexity index is 859. The molecular formula is C15H14ClNO4S. The Labute approximate surface area is 133 Å². The van der Waals surface area contributed by atoms with Crippen LogP contribution in [0.25, 0.3) is 10.8 Å². The van der Waals surface area contributed by atoms with E-state index in [0.29, 0.717) is 12.8 Å². The number of fused-ring (bicyclic) bond motifs is 1. The number of hydrogen-bond donors (Lipinski definition) is 2. The van der Waals surface area contributed by atoms with Crippen LogP contribution in [0.5, 0.6) is 0 Å². The minimum Gasteiger partial charge on any atom is -0.481 e. The molecule has 7 heteroatoms. The number of benzene rings is 2. The number of aliphatic carboxylic acids is 1. The van der Waals surface area contributed by atoms with E-state index in [1.165, 1.54) is 6.07 Å². The van der Waals surface area contributed by atoms with E-state index in [9.17, 15) is 13.2 Å². The molecule has 1 fully saturated rings. The van der Waals surface area contributed by atoms with Gasteiger partial charge in [0.25, 0.3) is 0 Å². The zero-order valence-corrected chi connectivity index (χ0v) is 13.1. The van der Waals surface area contributed by atoms with Crippen molar-refractivity contribution in [2.24, 2.45) is 5.41 Å². The Morgan fingerprint density at radius 1 is 1.23 bits per heavy atom. The van der Waals surface area contributed by atoms with Crippen LogP contribution in [-0.4, -0.2) is 26.0 Å². The van der Waals surface area contributed by atoms with E-state index < -0.39 is 21.4 Å². The van der Waals surface area contributed by atoms with Gasteiger partial charge in [-0.2, -0.15) is 0 Å². The van der Waals surface area contributed by atoms with Crippen LogP contribution in [0.3, 0.4) is 0 Å². The van der Waals surface area contributed by atoms with Crippen molar-refractivity contribution < 1.29 is 18.3 Å². The van der Waals surface area contributed by atoms with E-state index in [0.717, 1.165) is 10.8 Å². The summed E-state index contributed by atoms with van der Waals surface area (Å²) in [5, 5.41) is 10.8. The molecule has 0 atom stereocenters. The van der Waals surface area contributed by atoms with Gasteiger partial charge in [0.1, 0.15) is 4.90 Å². The lowest BCUT2D eigenvalue weighted by molar-refractivity contribution is -0.143. The van der Waals surface area contributed by atoms with E-state index in [4.69, 9.17) is 16.7 Å². The maximum atomic E-state index is 12.4. The van der Waals surface area contributed by atoms with Gasteiger partial charge in [-0.15, -0.1) is 0 Å². The van der Waals surface area contributed by atoms with Crippen molar-refractivity contribution >= 4 is 38.4 Å². The summed E-state index contributed by atoms with van der Waals surface area (Å²) in [7, 11) is -3.85. The molecule has 3 rings (SSSR count). The standard InChI is InChI=1S/C15H14ClNO4S/c16-12-7-10-3-1-2-4-11(10)8-13(12)22(20,21)17-9-15(5-6-15)14(18)19/h1-4,7-8,17H,5-6,9H2,(H,18,19). The predicted octanol–water partition coefficient (Wildman–Crippen LogP) is 2.64. The second-order valence-electron chi connectivity index (χ2n) is 5.54. The van der Waals surface area contributed by atoms with Crippen molar-refractivity contribution in [2.45, 2.75) is 17.7 Å². The van der Waals surface area contributed by atoms with Crippen LogP contribution in [0, 0.1) is 5.41 Å². The highest BCUT2D eigenvalue weighted by Gasteiger charge is 2.50. The molecule has 22 heavy (non-hydrogen) atoms. The number of carbonyl (C=O) groups is 1. The summed E-state index contributed by atoms with van der Waals surface area (Å²) in [6, 6.07) is 10.4. The molecule has 5 nitrogen and oxygen atoms in total. The van der Waals surface area contributed by atoms with Crippen LogP contribution in [0.15, 0.2) is 41.3 Å². The lowest BCUT2D eigenvalue weighted by atomic mass is 10.1. The van der Waals surface area contributed by atoms with Gasteiger partial charge in [0.05, 0.1) is 10.4 Å². The molecule has 0 aromatic heterocycles. The quantitative estimate of drug-likeness (QED) is 0.877. The van der Waals surface area contributed by atoms with Crippen molar-refractivity contribution in [1.82, 2.24) is 4.72 Å². The summed E-state index contributed by atoms with van der Waals surface area (Å²) in [5.41, 5.74) is -0.962. The summed E-state index contributed by atoms with van der Waals surface area (Å²) in [5.74, 6) is -0.972. The third kappa shape index (κ3) is 2.69. The predicted molar refractivity (Wildman–Crippen MR) is 83.4 cm³/mol. The second kappa shape index (κ2) is 5.22. The maximum absolute atomic E-state index is 12.4. The zero-order valence-electron chi connectivity index (χ0n) is 11.5. The van der Waals surface area contributed by atoms with Gasteiger partial charge in [0, 0.05) is 6.54 Å². The van der Waals surface area contributed by atoms with Crippen LogP contribution < -0.4 is 4.72 Å². The lowest BCUT2D eigenvalue weighted by Crippen LogP contribution is -2.34. The maximum Gasteiger partial charge on any atom is 0.310 e. The molecule has 0 unspecified atom stereocenters. The van der Waals surface area contributed by atoms with Gasteiger partial charge in [0.2, 0.25) is 10.0 Å². The summed E-state index contributed by atoms with van der Waals surface area (Å²) in [6.45, 7) is -0.117. The molecule has 116 valence electrons. The summed E-state index contributed by atoms with van der Waals surface area (Å²) in [6.07, 6.45) is 0.965. The average molecular weight is 340 g/mol. The van der Waals surface area contributed by atoms with Gasteiger partial charge in [-0.05, 0) is 35.7 Å². The van der Waals surface area contributed by atoms with Gasteiger partial charge in [-0.1, -0.05) is 35.9 Å². The van der Waals surface area contributed by atoms with Crippen LogP contribution in [0.4, 0.5) is 0 Å². The van der Waals surface area contributed by atoms with Crippen molar-refractivity contribution in [3.63, 3.8) is 0 Å². The number of rotatable bonds is 5. The Hall–Kier alpha value is -1.63. The topological polar surface area (TPSA) is 83.5 Å². The number of carboxylic acids is 1. The van der Waals surface area contributed by atoms with Crippen LogP contribution in [0.2, 0.25) is 5.02 Å². The average Bonchev–Trinajstić information content (AvgIpc) is 3.26. The highest BCUT2D eigenvalue weighted by Crippen LogP contribution is 2.45. The van der Waals surface area contributed by atoms with Crippen molar-refractivity contribution in [2.75, 3.05) is 6.54 Å². The van der Waals surface area contributed by atoms with E-state index >= 15 is 0 Å². The summed E-state index contributed by atoms with van der Waals surface area (Å²) >= 11 is 6.08. The fourth-order valence-corrected chi connectivity index (χ4v) is 4.02. The first kappa shape index (κ1) is 15.3. The van der Waals surface area contributed by atoms with Gasteiger partial charge < -0.3 is 5.11 Å². The molecule has 0 spiro atoms.